The van der Waals surface area contributed by atoms with E-state index in [4.69, 9.17) is 4.74 Å². The second-order valence-electron chi connectivity index (χ2n) is 9.28. The number of hydrogen-bond acceptors (Lipinski definition) is 5. The summed E-state index contributed by atoms with van der Waals surface area (Å²) in [6, 6.07) is 25.0. The van der Waals surface area contributed by atoms with Crippen molar-refractivity contribution in [2.75, 3.05) is 43.5 Å². The number of carbonyl (C=O) groups is 2. The Morgan fingerprint density at radius 1 is 0.868 bits per heavy atom. The molecular formula is C32H35N3O3. The van der Waals surface area contributed by atoms with E-state index >= 15 is 0 Å². The van der Waals surface area contributed by atoms with Crippen LogP contribution in [0.3, 0.4) is 0 Å². The fourth-order valence-corrected chi connectivity index (χ4v) is 4.79. The lowest BCUT2D eigenvalue weighted by Crippen LogP contribution is -2.49. The van der Waals surface area contributed by atoms with E-state index in [0.717, 1.165) is 54.3 Å². The second kappa shape index (κ2) is 12.9. The molecule has 1 aliphatic rings. The number of methoxy groups -OCH3 is 1. The Bertz CT molecular complexity index is 1290. The minimum absolute atomic E-state index is 0.134. The quantitative estimate of drug-likeness (QED) is 0.300. The highest BCUT2D eigenvalue weighted by Crippen LogP contribution is 2.27. The minimum atomic E-state index is -0.403. The summed E-state index contributed by atoms with van der Waals surface area (Å²) in [6.07, 6.45) is 5.95. The van der Waals surface area contributed by atoms with Gasteiger partial charge in [0.1, 0.15) is 6.04 Å². The van der Waals surface area contributed by atoms with E-state index in [1.54, 1.807) is 0 Å². The summed E-state index contributed by atoms with van der Waals surface area (Å²) in [5.74, 6) is -0.371. The van der Waals surface area contributed by atoms with Gasteiger partial charge >= 0.3 is 5.97 Å². The smallest absolute Gasteiger partial charge is 0.327 e. The molecule has 6 heteroatoms. The number of benzene rings is 3. The molecule has 1 saturated heterocycles. The third-order valence-corrected chi connectivity index (χ3v) is 6.84. The molecule has 4 rings (SSSR count). The first-order chi connectivity index (χ1) is 18.5. The van der Waals surface area contributed by atoms with Crippen LogP contribution in [0.5, 0.6) is 0 Å². The molecule has 1 atom stereocenters. The first-order valence-corrected chi connectivity index (χ1v) is 12.9. The summed E-state index contributed by atoms with van der Waals surface area (Å²) in [5.41, 5.74) is 5.37. The predicted molar refractivity (Wildman–Crippen MR) is 154 cm³/mol. The SMILES string of the molecule is C/C=C\C=C(/C)c1ccccc1C(=O)Nc1ccc(N2CCN(C(C(=O)OC)c3ccccc3)CC2)cc1. The molecule has 1 heterocycles. The van der Waals surface area contributed by atoms with Crippen LogP contribution in [-0.4, -0.2) is 50.1 Å². The first kappa shape index (κ1) is 26.9. The molecule has 3 aromatic rings. The maximum Gasteiger partial charge on any atom is 0.327 e. The first-order valence-electron chi connectivity index (χ1n) is 12.9. The highest BCUT2D eigenvalue weighted by atomic mass is 16.5. The standard InChI is InChI=1S/C32H35N3O3/c1-4-5-11-24(2)28-14-9-10-15-29(28)31(36)33-26-16-18-27(19-17-26)34-20-22-35(23-21-34)30(32(37)38-3)25-12-7-6-8-13-25/h4-19,30H,20-23H2,1-3H3,(H,33,36)/b5-4-,24-11+. The maximum absolute atomic E-state index is 13.1. The minimum Gasteiger partial charge on any atom is -0.468 e. The van der Waals surface area contributed by atoms with Crippen molar-refractivity contribution in [3.8, 4) is 0 Å². The van der Waals surface area contributed by atoms with Crippen molar-refractivity contribution < 1.29 is 14.3 Å². The van der Waals surface area contributed by atoms with Gasteiger partial charge in [-0.1, -0.05) is 66.8 Å². The number of carbonyl (C=O) groups excluding carboxylic acids is 2. The molecule has 0 aromatic heterocycles. The van der Waals surface area contributed by atoms with Crippen molar-refractivity contribution >= 4 is 28.8 Å². The van der Waals surface area contributed by atoms with Gasteiger partial charge in [-0.3, -0.25) is 9.69 Å². The lowest BCUT2D eigenvalue weighted by molar-refractivity contribution is -0.147. The highest BCUT2D eigenvalue weighted by molar-refractivity contribution is 6.07. The zero-order valence-electron chi connectivity index (χ0n) is 22.3. The van der Waals surface area contributed by atoms with Gasteiger partial charge in [0.2, 0.25) is 0 Å². The van der Waals surface area contributed by atoms with Crippen LogP contribution in [0, 0.1) is 0 Å². The molecule has 0 saturated carbocycles. The molecule has 196 valence electrons. The molecule has 0 spiro atoms. The van der Waals surface area contributed by atoms with Crippen molar-refractivity contribution in [2.45, 2.75) is 19.9 Å². The molecule has 6 nitrogen and oxygen atoms in total. The molecule has 1 unspecified atom stereocenters. The van der Waals surface area contributed by atoms with Crippen LogP contribution in [0.1, 0.15) is 41.4 Å². The Balaban J connectivity index is 1.40. The van der Waals surface area contributed by atoms with Crippen molar-refractivity contribution in [3.63, 3.8) is 0 Å². The summed E-state index contributed by atoms with van der Waals surface area (Å²) < 4.78 is 5.11. The number of esters is 1. The van der Waals surface area contributed by atoms with Crippen molar-refractivity contribution in [1.82, 2.24) is 4.90 Å². The highest BCUT2D eigenvalue weighted by Gasteiger charge is 2.31. The van der Waals surface area contributed by atoms with Gasteiger partial charge in [-0.25, -0.2) is 4.79 Å². The largest absolute Gasteiger partial charge is 0.468 e. The van der Waals surface area contributed by atoms with Crippen LogP contribution in [-0.2, 0) is 9.53 Å². The van der Waals surface area contributed by atoms with Crippen molar-refractivity contribution in [2.24, 2.45) is 0 Å². The van der Waals surface area contributed by atoms with Crippen LogP contribution in [0.15, 0.2) is 97.1 Å². The number of allylic oxidation sites excluding steroid dienone is 4. The lowest BCUT2D eigenvalue weighted by atomic mass is 9.99. The average molecular weight is 510 g/mol. The number of nitrogens with one attached hydrogen (secondary N) is 1. The van der Waals surface area contributed by atoms with Gasteiger partial charge in [-0.05, 0) is 60.9 Å². The van der Waals surface area contributed by atoms with Gasteiger partial charge in [0.25, 0.3) is 5.91 Å². The van der Waals surface area contributed by atoms with Gasteiger partial charge < -0.3 is 15.0 Å². The Kier molecular flexibility index (Phi) is 9.11. The number of amides is 1. The lowest BCUT2D eigenvalue weighted by Gasteiger charge is -2.39. The molecular weight excluding hydrogens is 474 g/mol. The summed E-state index contributed by atoms with van der Waals surface area (Å²) in [4.78, 5) is 30.1. The second-order valence-corrected chi connectivity index (χ2v) is 9.28. The normalized spacial score (nSPS) is 15.3. The number of anilines is 2. The molecule has 1 aliphatic heterocycles. The third-order valence-electron chi connectivity index (χ3n) is 6.84. The summed E-state index contributed by atoms with van der Waals surface area (Å²) in [6.45, 7) is 7.03. The van der Waals surface area contributed by atoms with Gasteiger partial charge in [0, 0.05) is 43.1 Å². The number of piperazine rings is 1. The molecule has 0 aliphatic carbocycles. The van der Waals surface area contributed by atoms with Gasteiger partial charge in [0.05, 0.1) is 7.11 Å². The Hall–Kier alpha value is -4.16. The number of ether oxygens (including phenoxy) is 1. The summed E-state index contributed by atoms with van der Waals surface area (Å²) in [7, 11) is 1.44. The predicted octanol–water partition coefficient (Wildman–Crippen LogP) is 5.95. The number of nitrogens with zero attached hydrogens (tertiary/aromatic N) is 2. The van der Waals surface area contributed by atoms with Crippen LogP contribution in [0.2, 0.25) is 0 Å². The maximum atomic E-state index is 13.1. The van der Waals surface area contributed by atoms with E-state index in [-0.39, 0.29) is 11.9 Å². The molecule has 38 heavy (non-hydrogen) atoms. The monoisotopic (exact) mass is 509 g/mol. The molecule has 0 radical (unpaired) electrons. The fourth-order valence-electron chi connectivity index (χ4n) is 4.79. The van der Waals surface area contributed by atoms with Crippen molar-refractivity contribution in [1.29, 1.82) is 0 Å². The van der Waals surface area contributed by atoms with Gasteiger partial charge in [-0.2, -0.15) is 0 Å². The van der Waals surface area contributed by atoms with E-state index in [1.807, 2.05) is 111 Å². The topological polar surface area (TPSA) is 61.9 Å². The average Bonchev–Trinajstić information content (AvgIpc) is 2.97. The van der Waals surface area contributed by atoms with Gasteiger partial charge in [-0.15, -0.1) is 0 Å². The molecule has 1 fully saturated rings. The summed E-state index contributed by atoms with van der Waals surface area (Å²) >= 11 is 0. The third kappa shape index (κ3) is 6.39. The van der Waals surface area contributed by atoms with E-state index in [0.29, 0.717) is 5.56 Å². The molecule has 0 bridgehead atoms. The van der Waals surface area contributed by atoms with Crippen LogP contribution in [0.4, 0.5) is 11.4 Å². The Morgan fingerprint density at radius 2 is 1.50 bits per heavy atom. The van der Waals surface area contributed by atoms with Crippen LogP contribution < -0.4 is 10.2 Å². The zero-order chi connectivity index (χ0) is 26.9. The summed E-state index contributed by atoms with van der Waals surface area (Å²) in [5, 5.41) is 3.04. The van der Waals surface area contributed by atoms with Crippen molar-refractivity contribution in [3.05, 3.63) is 114 Å². The number of rotatable bonds is 8. The molecule has 3 aromatic carbocycles. The zero-order valence-corrected chi connectivity index (χ0v) is 22.3. The fraction of sp³-hybridized carbons (Fsp3) is 0.250. The Labute approximate surface area is 225 Å². The molecule has 1 N–H and O–H groups in total. The van der Waals surface area contributed by atoms with E-state index in [9.17, 15) is 9.59 Å². The van der Waals surface area contributed by atoms with Gasteiger partial charge in [0.15, 0.2) is 0 Å². The van der Waals surface area contributed by atoms with Crippen LogP contribution in [0.25, 0.3) is 5.57 Å². The van der Waals surface area contributed by atoms with E-state index in [2.05, 4.69) is 15.1 Å². The number of hydrogen-bond donors (Lipinski definition) is 1. The van der Waals surface area contributed by atoms with E-state index < -0.39 is 6.04 Å². The Morgan fingerprint density at radius 3 is 2.13 bits per heavy atom. The molecule has 1 amide bonds. The van der Waals surface area contributed by atoms with Crippen LogP contribution >= 0.6 is 0 Å². The van der Waals surface area contributed by atoms with E-state index in [1.165, 1.54) is 7.11 Å².